The molecule has 2 rings (SSSR count). The van der Waals surface area contributed by atoms with Crippen LogP contribution in [0.15, 0.2) is 0 Å². The van der Waals surface area contributed by atoms with Gasteiger partial charge in [0.05, 0.1) is 6.10 Å². The molecule has 3 nitrogen and oxygen atoms in total. The van der Waals surface area contributed by atoms with Crippen LogP contribution < -0.4 is 11.3 Å². The smallest absolute Gasteiger partial charge is 0.0590 e. The van der Waals surface area contributed by atoms with Gasteiger partial charge in [-0.1, -0.05) is 6.42 Å². The van der Waals surface area contributed by atoms with Gasteiger partial charge in [0.15, 0.2) is 0 Å². The lowest BCUT2D eigenvalue weighted by Crippen LogP contribution is -2.46. The van der Waals surface area contributed by atoms with Crippen molar-refractivity contribution in [3.63, 3.8) is 0 Å². The molecular formula is C11H22N2O. The first kappa shape index (κ1) is 10.4. The second-order valence-corrected chi connectivity index (χ2v) is 4.69. The average Bonchev–Trinajstić information content (AvgIpc) is 2.15. The molecule has 3 heteroatoms. The monoisotopic (exact) mass is 198 g/mol. The van der Waals surface area contributed by atoms with Crippen molar-refractivity contribution in [2.24, 2.45) is 11.8 Å². The first-order chi connectivity index (χ1) is 6.90. The van der Waals surface area contributed by atoms with Gasteiger partial charge in [-0.05, 0) is 44.4 Å². The van der Waals surface area contributed by atoms with E-state index in [1.54, 1.807) is 0 Å². The van der Waals surface area contributed by atoms with Crippen molar-refractivity contribution in [2.45, 2.75) is 57.1 Å². The SMILES string of the molecule is NNC(CC1CCCCO1)C1CCC1. The highest BCUT2D eigenvalue weighted by Gasteiger charge is 2.29. The third-order valence-corrected chi connectivity index (χ3v) is 3.72. The van der Waals surface area contributed by atoms with Crippen LogP contribution in [-0.2, 0) is 4.74 Å². The van der Waals surface area contributed by atoms with E-state index in [1.807, 2.05) is 0 Å². The van der Waals surface area contributed by atoms with Crippen LogP contribution in [0.5, 0.6) is 0 Å². The molecule has 0 spiro atoms. The predicted octanol–water partition coefficient (Wildman–Crippen LogP) is 1.58. The number of hydrazine groups is 1. The molecule has 0 amide bonds. The van der Waals surface area contributed by atoms with Gasteiger partial charge in [0, 0.05) is 12.6 Å². The first-order valence-corrected chi connectivity index (χ1v) is 5.98. The number of rotatable bonds is 4. The number of ether oxygens (including phenoxy) is 1. The summed E-state index contributed by atoms with van der Waals surface area (Å²) in [6, 6.07) is 0.492. The van der Waals surface area contributed by atoms with Gasteiger partial charge in [-0.2, -0.15) is 0 Å². The Balaban J connectivity index is 1.74. The van der Waals surface area contributed by atoms with Crippen LogP contribution in [0.25, 0.3) is 0 Å². The Hall–Kier alpha value is -0.120. The van der Waals surface area contributed by atoms with E-state index in [-0.39, 0.29) is 0 Å². The van der Waals surface area contributed by atoms with Crippen LogP contribution in [0.4, 0.5) is 0 Å². The molecule has 0 aromatic rings. The van der Waals surface area contributed by atoms with Gasteiger partial charge in [-0.3, -0.25) is 11.3 Å². The van der Waals surface area contributed by atoms with Crippen molar-refractivity contribution in [1.82, 2.24) is 5.43 Å². The second-order valence-electron chi connectivity index (χ2n) is 4.69. The van der Waals surface area contributed by atoms with Crippen LogP contribution in [0, 0.1) is 5.92 Å². The van der Waals surface area contributed by atoms with Crippen LogP contribution in [0.1, 0.15) is 44.9 Å². The zero-order valence-electron chi connectivity index (χ0n) is 8.87. The molecule has 1 saturated heterocycles. The summed E-state index contributed by atoms with van der Waals surface area (Å²) in [6.45, 7) is 0.951. The molecule has 2 fully saturated rings. The Morgan fingerprint density at radius 1 is 1.21 bits per heavy atom. The lowest BCUT2D eigenvalue weighted by atomic mass is 9.77. The predicted molar refractivity (Wildman–Crippen MR) is 56.7 cm³/mol. The molecule has 2 unspecified atom stereocenters. The molecule has 1 aliphatic carbocycles. The lowest BCUT2D eigenvalue weighted by Gasteiger charge is -2.36. The highest BCUT2D eigenvalue weighted by molar-refractivity contribution is 4.84. The molecule has 3 N–H and O–H groups in total. The fourth-order valence-corrected chi connectivity index (χ4v) is 2.52. The van der Waals surface area contributed by atoms with Gasteiger partial charge in [0.1, 0.15) is 0 Å². The maximum Gasteiger partial charge on any atom is 0.0590 e. The van der Waals surface area contributed by atoms with Crippen LogP contribution >= 0.6 is 0 Å². The van der Waals surface area contributed by atoms with Gasteiger partial charge in [0.2, 0.25) is 0 Å². The Bertz CT molecular complexity index is 165. The molecule has 1 aliphatic heterocycles. The van der Waals surface area contributed by atoms with E-state index in [9.17, 15) is 0 Å². The van der Waals surface area contributed by atoms with Crippen molar-refractivity contribution in [3.05, 3.63) is 0 Å². The van der Waals surface area contributed by atoms with Crippen LogP contribution in [0.3, 0.4) is 0 Å². The van der Waals surface area contributed by atoms with E-state index >= 15 is 0 Å². The van der Waals surface area contributed by atoms with E-state index in [2.05, 4.69) is 5.43 Å². The third kappa shape index (κ3) is 2.47. The Labute approximate surface area is 86.4 Å². The summed E-state index contributed by atoms with van der Waals surface area (Å²) in [5.74, 6) is 6.41. The summed E-state index contributed by atoms with van der Waals surface area (Å²) in [5.41, 5.74) is 2.97. The molecule has 0 aromatic carbocycles. The molecule has 2 atom stereocenters. The third-order valence-electron chi connectivity index (χ3n) is 3.72. The van der Waals surface area contributed by atoms with Crippen molar-refractivity contribution in [2.75, 3.05) is 6.61 Å². The first-order valence-electron chi connectivity index (χ1n) is 5.98. The largest absolute Gasteiger partial charge is 0.378 e. The number of nitrogens with one attached hydrogen (secondary N) is 1. The Morgan fingerprint density at radius 3 is 2.57 bits per heavy atom. The number of nitrogens with two attached hydrogens (primary N) is 1. The highest BCUT2D eigenvalue weighted by atomic mass is 16.5. The maximum absolute atomic E-state index is 5.73. The zero-order valence-corrected chi connectivity index (χ0v) is 8.87. The summed E-state index contributed by atoms with van der Waals surface area (Å²) < 4.78 is 5.73. The molecule has 14 heavy (non-hydrogen) atoms. The molecule has 2 aliphatic rings. The summed E-state index contributed by atoms with van der Waals surface area (Å²) in [7, 11) is 0. The molecular weight excluding hydrogens is 176 g/mol. The summed E-state index contributed by atoms with van der Waals surface area (Å²) in [4.78, 5) is 0. The molecule has 1 heterocycles. The highest BCUT2D eigenvalue weighted by Crippen LogP contribution is 2.32. The van der Waals surface area contributed by atoms with Crippen LogP contribution in [0.2, 0.25) is 0 Å². The summed E-state index contributed by atoms with van der Waals surface area (Å²) >= 11 is 0. The minimum absolute atomic E-state index is 0.463. The van der Waals surface area contributed by atoms with E-state index in [0.29, 0.717) is 12.1 Å². The van der Waals surface area contributed by atoms with E-state index in [0.717, 1.165) is 18.9 Å². The molecule has 0 aromatic heterocycles. The quantitative estimate of drug-likeness (QED) is 0.532. The van der Waals surface area contributed by atoms with Crippen LogP contribution in [-0.4, -0.2) is 18.8 Å². The van der Waals surface area contributed by atoms with E-state index < -0.39 is 0 Å². The fourth-order valence-electron chi connectivity index (χ4n) is 2.52. The minimum atomic E-state index is 0.463. The summed E-state index contributed by atoms with van der Waals surface area (Å²) in [5, 5.41) is 0. The van der Waals surface area contributed by atoms with Gasteiger partial charge >= 0.3 is 0 Å². The van der Waals surface area contributed by atoms with Crippen molar-refractivity contribution in [3.8, 4) is 0 Å². The molecule has 1 saturated carbocycles. The second kappa shape index (κ2) is 5.10. The van der Waals surface area contributed by atoms with Crippen molar-refractivity contribution >= 4 is 0 Å². The maximum atomic E-state index is 5.73. The minimum Gasteiger partial charge on any atom is -0.378 e. The molecule has 82 valence electrons. The normalized spacial score (nSPS) is 31.1. The summed E-state index contributed by atoms with van der Waals surface area (Å²) in [6.07, 6.45) is 9.45. The lowest BCUT2D eigenvalue weighted by molar-refractivity contribution is -0.00251. The Morgan fingerprint density at radius 2 is 2.07 bits per heavy atom. The standard InChI is InChI=1S/C11H22N2O/c12-13-11(9-4-3-5-9)8-10-6-1-2-7-14-10/h9-11,13H,1-8,12H2. The topological polar surface area (TPSA) is 47.3 Å². The van der Waals surface area contributed by atoms with Gasteiger partial charge in [0.25, 0.3) is 0 Å². The average molecular weight is 198 g/mol. The Kier molecular flexibility index (Phi) is 3.79. The van der Waals surface area contributed by atoms with Gasteiger partial charge in [-0.15, -0.1) is 0 Å². The molecule has 0 radical (unpaired) electrons. The van der Waals surface area contributed by atoms with Crippen molar-refractivity contribution in [1.29, 1.82) is 0 Å². The van der Waals surface area contributed by atoms with E-state index in [1.165, 1.54) is 38.5 Å². The fraction of sp³-hybridized carbons (Fsp3) is 1.00. The van der Waals surface area contributed by atoms with Gasteiger partial charge < -0.3 is 4.74 Å². The zero-order chi connectivity index (χ0) is 9.80. The van der Waals surface area contributed by atoms with E-state index in [4.69, 9.17) is 10.6 Å². The number of hydrogen-bond donors (Lipinski definition) is 2. The van der Waals surface area contributed by atoms with Gasteiger partial charge in [-0.25, -0.2) is 0 Å². The number of hydrogen-bond acceptors (Lipinski definition) is 3. The van der Waals surface area contributed by atoms with Crippen molar-refractivity contribution < 1.29 is 4.74 Å². The molecule has 0 bridgehead atoms.